The summed E-state index contributed by atoms with van der Waals surface area (Å²) in [5.41, 5.74) is 1.18. The maximum absolute atomic E-state index is 12.4. The summed E-state index contributed by atoms with van der Waals surface area (Å²) in [5, 5.41) is 0.559. The Kier molecular flexibility index (Phi) is 5.01. The van der Waals surface area contributed by atoms with Crippen LogP contribution in [0.2, 0.25) is 0 Å². The average Bonchev–Trinajstić information content (AvgIpc) is 3.16. The van der Waals surface area contributed by atoms with Crippen molar-refractivity contribution < 1.29 is 14.2 Å². The molecule has 134 valence electrons. The van der Waals surface area contributed by atoms with E-state index in [4.69, 9.17) is 14.2 Å². The van der Waals surface area contributed by atoms with Crippen LogP contribution in [0, 0.1) is 0 Å². The number of H-pyrrole nitrogens is 1. The van der Waals surface area contributed by atoms with E-state index < -0.39 is 0 Å². The Morgan fingerprint density at radius 1 is 1.19 bits per heavy atom. The van der Waals surface area contributed by atoms with Gasteiger partial charge in [-0.25, -0.2) is 4.98 Å². The highest BCUT2D eigenvalue weighted by Gasteiger charge is 2.17. The third-order valence-electron chi connectivity index (χ3n) is 4.11. The average molecular weight is 417 g/mol. The van der Waals surface area contributed by atoms with Gasteiger partial charge in [-0.1, -0.05) is 28.1 Å². The summed E-state index contributed by atoms with van der Waals surface area (Å²) < 4.78 is 17.6. The molecular formula is C19H17BrN2O4. The quantitative estimate of drug-likeness (QED) is 0.688. The Labute approximate surface area is 158 Å². The van der Waals surface area contributed by atoms with Gasteiger partial charge in [-0.2, -0.15) is 0 Å². The molecule has 3 aromatic rings. The number of para-hydroxylation sites is 1. The molecule has 2 aromatic carbocycles. The van der Waals surface area contributed by atoms with Crippen molar-refractivity contribution in [2.24, 2.45) is 0 Å². The zero-order valence-electron chi connectivity index (χ0n) is 13.9. The van der Waals surface area contributed by atoms with Gasteiger partial charge in [-0.3, -0.25) is 4.79 Å². The first-order valence-electron chi connectivity index (χ1n) is 8.36. The van der Waals surface area contributed by atoms with Gasteiger partial charge in [0, 0.05) is 10.9 Å². The second-order valence-electron chi connectivity index (χ2n) is 5.88. The maximum atomic E-state index is 12.4. The third kappa shape index (κ3) is 3.65. The van der Waals surface area contributed by atoms with E-state index in [0.717, 1.165) is 10.0 Å². The zero-order valence-corrected chi connectivity index (χ0v) is 15.5. The van der Waals surface area contributed by atoms with Crippen LogP contribution in [0.5, 0.6) is 5.75 Å². The van der Waals surface area contributed by atoms with Gasteiger partial charge in [0.25, 0.3) is 5.56 Å². The molecule has 0 saturated carbocycles. The SMILES string of the molecule is O=c1[nH]c(-c2cc(Br)ccc2OCCC2OCCO2)nc2ccccc12. The largest absolute Gasteiger partial charge is 0.493 e. The van der Waals surface area contributed by atoms with Crippen molar-refractivity contribution in [1.82, 2.24) is 9.97 Å². The number of aromatic amines is 1. The van der Waals surface area contributed by atoms with E-state index in [2.05, 4.69) is 25.9 Å². The van der Waals surface area contributed by atoms with Crippen LogP contribution in [0.25, 0.3) is 22.3 Å². The van der Waals surface area contributed by atoms with Crippen molar-refractivity contribution in [2.75, 3.05) is 19.8 Å². The molecule has 1 aromatic heterocycles. The summed E-state index contributed by atoms with van der Waals surface area (Å²) in [7, 11) is 0. The van der Waals surface area contributed by atoms with Crippen LogP contribution in [0.15, 0.2) is 51.7 Å². The number of rotatable bonds is 5. The minimum atomic E-state index is -0.215. The molecule has 0 amide bonds. The number of fused-ring (bicyclic) bond motifs is 1. The van der Waals surface area contributed by atoms with Crippen molar-refractivity contribution in [2.45, 2.75) is 12.7 Å². The van der Waals surface area contributed by atoms with E-state index in [-0.39, 0.29) is 11.8 Å². The second-order valence-corrected chi connectivity index (χ2v) is 6.80. The first kappa shape index (κ1) is 17.2. The fourth-order valence-corrected chi connectivity index (χ4v) is 3.23. The molecule has 7 heteroatoms. The Hall–Kier alpha value is -2.22. The lowest BCUT2D eigenvalue weighted by Crippen LogP contribution is -2.13. The van der Waals surface area contributed by atoms with Gasteiger partial charge < -0.3 is 19.2 Å². The van der Waals surface area contributed by atoms with Gasteiger partial charge in [0.1, 0.15) is 11.6 Å². The number of aromatic nitrogens is 2. The number of nitrogens with one attached hydrogen (secondary N) is 1. The van der Waals surface area contributed by atoms with Crippen LogP contribution in [-0.4, -0.2) is 36.1 Å². The molecule has 0 bridgehead atoms. The molecule has 26 heavy (non-hydrogen) atoms. The molecule has 4 rings (SSSR count). The highest BCUT2D eigenvalue weighted by molar-refractivity contribution is 9.10. The van der Waals surface area contributed by atoms with Gasteiger partial charge in [0.05, 0.1) is 36.3 Å². The molecule has 6 nitrogen and oxygen atoms in total. The first-order valence-corrected chi connectivity index (χ1v) is 9.15. The van der Waals surface area contributed by atoms with E-state index in [1.54, 1.807) is 6.07 Å². The topological polar surface area (TPSA) is 73.4 Å². The fourth-order valence-electron chi connectivity index (χ4n) is 2.87. The lowest BCUT2D eigenvalue weighted by molar-refractivity contribution is -0.0531. The van der Waals surface area contributed by atoms with Gasteiger partial charge in [-0.05, 0) is 30.3 Å². The van der Waals surface area contributed by atoms with Gasteiger partial charge in [0.2, 0.25) is 0 Å². The minimum Gasteiger partial charge on any atom is -0.493 e. The molecule has 0 atom stereocenters. The Morgan fingerprint density at radius 2 is 2.00 bits per heavy atom. The zero-order chi connectivity index (χ0) is 17.9. The highest BCUT2D eigenvalue weighted by Crippen LogP contribution is 2.31. The van der Waals surface area contributed by atoms with E-state index >= 15 is 0 Å². The lowest BCUT2D eigenvalue weighted by Gasteiger charge is -2.14. The van der Waals surface area contributed by atoms with E-state index in [9.17, 15) is 4.79 Å². The summed E-state index contributed by atoms with van der Waals surface area (Å²) in [5.74, 6) is 1.11. The number of ether oxygens (including phenoxy) is 3. The number of hydrogen-bond donors (Lipinski definition) is 1. The Balaban J connectivity index is 1.64. The van der Waals surface area contributed by atoms with Gasteiger partial charge in [-0.15, -0.1) is 0 Å². The predicted molar refractivity (Wildman–Crippen MR) is 101 cm³/mol. The number of benzene rings is 2. The number of nitrogens with zero attached hydrogens (tertiary/aromatic N) is 1. The van der Waals surface area contributed by atoms with Crippen LogP contribution in [0.1, 0.15) is 6.42 Å². The van der Waals surface area contributed by atoms with Crippen LogP contribution >= 0.6 is 15.9 Å². The van der Waals surface area contributed by atoms with Crippen molar-refractivity contribution in [3.05, 3.63) is 57.3 Å². The summed E-state index contributed by atoms with van der Waals surface area (Å²) >= 11 is 3.47. The van der Waals surface area contributed by atoms with Gasteiger partial charge in [0.15, 0.2) is 6.29 Å². The highest BCUT2D eigenvalue weighted by atomic mass is 79.9. The molecule has 0 unspecified atom stereocenters. The third-order valence-corrected chi connectivity index (χ3v) is 4.60. The van der Waals surface area contributed by atoms with Crippen molar-refractivity contribution in [3.8, 4) is 17.1 Å². The van der Waals surface area contributed by atoms with E-state index in [1.807, 2.05) is 36.4 Å². The molecule has 0 spiro atoms. The standard InChI is InChI=1S/C19H17BrN2O4/c20-12-5-6-16(24-8-7-17-25-9-10-26-17)14(11-12)18-21-15-4-2-1-3-13(15)19(23)22-18/h1-6,11,17H,7-10H2,(H,21,22,23). The summed E-state index contributed by atoms with van der Waals surface area (Å²) in [4.78, 5) is 19.8. The molecule has 1 aliphatic rings. The van der Waals surface area contributed by atoms with Crippen molar-refractivity contribution in [3.63, 3.8) is 0 Å². The maximum Gasteiger partial charge on any atom is 0.259 e. The molecule has 1 N–H and O–H groups in total. The first-order chi connectivity index (χ1) is 12.7. The van der Waals surface area contributed by atoms with Gasteiger partial charge >= 0.3 is 0 Å². The number of halogens is 1. The lowest BCUT2D eigenvalue weighted by atomic mass is 10.1. The van der Waals surface area contributed by atoms with Crippen LogP contribution in [-0.2, 0) is 9.47 Å². The van der Waals surface area contributed by atoms with Crippen molar-refractivity contribution >= 4 is 26.8 Å². The summed E-state index contributed by atoms with van der Waals surface area (Å²) in [6, 6.07) is 12.9. The molecule has 1 fully saturated rings. The Morgan fingerprint density at radius 3 is 2.85 bits per heavy atom. The van der Waals surface area contributed by atoms with Crippen LogP contribution < -0.4 is 10.3 Å². The summed E-state index contributed by atoms with van der Waals surface area (Å²) in [6.07, 6.45) is 0.421. The second kappa shape index (κ2) is 7.57. The fraction of sp³-hybridized carbons (Fsp3) is 0.263. The molecule has 1 saturated heterocycles. The van der Waals surface area contributed by atoms with Crippen molar-refractivity contribution in [1.29, 1.82) is 0 Å². The molecule has 2 heterocycles. The molecule has 0 radical (unpaired) electrons. The monoisotopic (exact) mass is 416 g/mol. The predicted octanol–water partition coefficient (Wildman–Crippen LogP) is 3.49. The van der Waals surface area contributed by atoms with Crippen LogP contribution in [0.4, 0.5) is 0 Å². The summed E-state index contributed by atoms with van der Waals surface area (Å²) in [6.45, 7) is 1.68. The Bertz CT molecular complexity index is 983. The molecule has 1 aliphatic heterocycles. The normalized spacial score (nSPS) is 14.8. The smallest absolute Gasteiger partial charge is 0.259 e. The number of hydrogen-bond acceptors (Lipinski definition) is 5. The van der Waals surface area contributed by atoms with E-state index in [0.29, 0.717) is 48.7 Å². The molecular weight excluding hydrogens is 400 g/mol. The van der Waals surface area contributed by atoms with Crippen LogP contribution in [0.3, 0.4) is 0 Å². The minimum absolute atomic E-state index is 0.177. The van der Waals surface area contributed by atoms with E-state index in [1.165, 1.54) is 0 Å². The molecule has 0 aliphatic carbocycles.